The van der Waals surface area contributed by atoms with Gasteiger partial charge in [0, 0.05) is 25.8 Å². The Balaban J connectivity index is 1.74. The molecule has 1 fully saturated rings. The molecule has 0 spiro atoms. The standard InChI is InChI=1S/C13H23N3O2/c1-4-5-16-10-15-7-11(16)6-14-8-12-9-17-13(2,3)18-12/h7,10,12,14H,4-6,8-9H2,1-3H3. The number of hydrogen-bond acceptors (Lipinski definition) is 4. The van der Waals surface area contributed by atoms with E-state index >= 15 is 0 Å². The van der Waals surface area contributed by atoms with E-state index in [0.29, 0.717) is 6.61 Å². The Morgan fingerprint density at radius 1 is 1.56 bits per heavy atom. The number of aromatic nitrogens is 2. The molecule has 5 nitrogen and oxygen atoms in total. The summed E-state index contributed by atoms with van der Waals surface area (Å²) < 4.78 is 13.4. The first kappa shape index (κ1) is 13.5. The van der Waals surface area contributed by atoms with E-state index in [0.717, 1.165) is 26.1 Å². The van der Waals surface area contributed by atoms with E-state index in [-0.39, 0.29) is 6.10 Å². The van der Waals surface area contributed by atoms with Crippen molar-refractivity contribution >= 4 is 0 Å². The zero-order chi connectivity index (χ0) is 13.0. The maximum absolute atomic E-state index is 5.74. The van der Waals surface area contributed by atoms with Crippen molar-refractivity contribution in [1.82, 2.24) is 14.9 Å². The summed E-state index contributed by atoms with van der Waals surface area (Å²) in [5.74, 6) is -0.434. The van der Waals surface area contributed by atoms with Crippen LogP contribution < -0.4 is 5.32 Å². The van der Waals surface area contributed by atoms with Gasteiger partial charge in [-0.1, -0.05) is 6.92 Å². The number of nitrogens with one attached hydrogen (secondary N) is 1. The smallest absolute Gasteiger partial charge is 0.163 e. The van der Waals surface area contributed by atoms with Crippen molar-refractivity contribution in [3.05, 3.63) is 18.2 Å². The highest BCUT2D eigenvalue weighted by atomic mass is 16.7. The fourth-order valence-electron chi connectivity index (χ4n) is 2.16. The van der Waals surface area contributed by atoms with E-state index in [1.807, 2.05) is 26.4 Å². The Kier molecular flexibility index (Phi) is 4.37. The van der Waals surface area contributed by atoms with Crippen LogP contribution in [0.4, 0.5) is 0 Å². The Labute approximate surface area is 108 Å². The molecule has 1 unspecified atom stereocenters. The molecular weight excluding hydrogens is 230 g/mol. The summed E-state index contributed by atoms with van der Waals surface area (Å²) in [6.45, 7) is 9.37. The van der Waals surface area contributed by atoms with Crippen molar-refractivity contribution in [1.29, 1.82) is 0 Å². The highest BCUT2D eigenvalue weighted by Crippen LogP contribution is 2.21. The molecular formula is C13H23N3O2. The summed E-state index contributed by atoms with van der Waals surface area (Å²) in [7, 11) is 0. The molecule has 1 aliphatic rings. The van der Waals surface area contributed by atoms with Crippen LogP contribution in [0.5, 0.6) is 0 Å². The Bertz CT molecular complexity index is 376. The number of aryl methyl sites for hydroxylation is 1. The number of rotatable bonds is 6. The molecule has 2 heterocycles. The van der Waals surface area contributed by atoms with Gasteiger partial charge in [0.2, 0.25) is 0 Å². The van der Waals surface area contributed by atoms with Crippen molar-refractivity contribution in [2.45, 2.75) is 52.2 Å². The minimum absolute atomic E-state index is 0.141. The van der Waals surface area contributed by atoms with Crippen molar-refractivity contribution < 1.29 is 9.47 Å². The minimum atomic E-state index is -0.434. The maximum Gasteiger partial charge on any atom is 0.163 e. The quantitative estimate of drug-likeness (QED) is 0.835. The molecule has 1 N–H and O–H groups in total. The van der Waals surface area contributed by atoms with E-state index in [1.54, 1.807) is 0 Å². The summed E-state index contributed by atoms with van der Waals surface area (Å²) in [5.41, 5.74) is 1.22. The third-order valence-electron chi connectivity index (χ3n) is 3.01. The molecule has 0 amide bonds. The van der Waals surface area contributed by atoms with Gasteiger partial charge in [0.15, 0.2) is 5.79 Å². The van der Waals surface area contributed by atoms with Gasteiger partial charge < -0.3 is 19.4 Å². The van der Waals surface area contributed by atoms with Gasteiger partial charge in [0.1, 0.15) is 0 Å². The van der Waals surface area contributed by atoms with Crippen LogP contribution >= 0.6 is 0 Å². The zero-order valence-electron chi connectivity index (χ0n) is 11.5. The summed E-state index contributed by atoms with van der Waals surface area (Å²) in [6, 6.07) is 0. The van der Waals surface area contributed by atoms with Gasteiger partial charge in [-0.2, -0.15) is 0 Å². The molecule has 0 radical (unpaired) electrons. The molecule has 0 bridgehead atoms. The van der Waals surface area contributed by atoms with Crippen LogP contribution in [-0.2, 0) is 22.6 Å². The largest absolute Gasteiger partial charge is 0.348 e. The van der Waals surface area contributed by atoms with Crippen LogP contribution in [0.3, 0.4) is 0 Å². The van der Waals surface area contributed by atoms with E-state index in [2.05, 4.69) is 21.8 Å². The highest BCUT2D eigenvalue weighted by Gasteiger charge is 2.32. The van der Waals surface area contributed by atoms with Crippen molar-refractivity contribution in [3.8, 4) is 0 Å². The first-order chi connectivity index (χ1) is 8.61. The first-order valence-corrected chi connectivity index (χ1v) is 6.62. The molecule has 2 rings (SSSR count). The van der Waals surface area contributed by atoms with Gasteiger partial charge in [-0.15, -0.1) is 0 Å². The lowest BCUT2D eigenvalue weighted by molar-refractivity contribution is -0.137. The van der Waals surface area contributed by atoms with Crippen LogP contribution in [0.1, 0.15) is 32.9 Å². The molecule has 1 aliphatic heterocycles. The van der Waals surface area contributed by atoms with Crippen LogP contribution in [0, 0.1) is 0 Å². The molecule has 0 saturated carbocycles. The SMILES string of the molecule is CCCn1cncc1CNCC1COC(C)(C)O1. The molecule has 18 heavy (non-hydrogen) atoms. The monoisotopic (exact) mass is 253 g/mol. The predicted octanol–water partition coefficient (Wildman–Crippen LogP) is 1.53. The van der Waals surface area contributed by atoms with Gasteiger partial charge in [-0.25, -0.2) is 4.98 Å². The number of nitrogens with zero attached hydrogens (tertiary/aromatic N) is 2. The van der Waals surface area contributed by atoms with Crippen LogP contribution in [0.2, 0.25) is 0 Å². The van der Waals surface area contributed by atoms with E-state index in [9.17, 15) is 0 Å². The lowest BCUT2D eigenvalue weighted by Gasteiger charge is -2.17. The average molecular weight is 253 g/mol. The van der Waals surface area contributed by atoms with Gasteiger partial charge >= 0.3 is 0 Å². The van der Waals surface area contributed by atoms with E-state index < -0.39 is 5.79 Å². The average Bonchev–Trinajstić information content (AvgIpc) is 2.87. The molecule has 5 heteroatoms. The summed E-state index contributed by atoms with van der Waals surface area (Å²) in [4.78, 5) is 4.18. The highest BCUT2D eigenvalue weighted by molar-refractivity contribution is 4.97. The minimum Gasteiger partial charge on any atom is -0.348 e. The summed E-state index contributed by atoms with van der Waals surface area (Å²) in [5, 5.41) is 3.40. The van der Waals surface area contributed by atoms with Crippen molar-refractivity contribution in [2.75, 3.05) is 13.2 Å². The molecule has 0 aromatic carbocycles. The second-order valence-corrected chi connectivity index (χ2v) is 5.16. The van der Waals surface area contributed by atoms with Crippen molar-refractivity contribution in [3.63, 3.8) is 0 Å². The van der Waals surface area contributed by atoms with Gasteiger partial charge in [0.25, 0.3) is 0 Å². The molecule has 1 aromatic heterocycles. The molecule has 1 atom stereocenters. The fraction of sp³-hybridized carbons (Fsp3) is 0.769. The number of hydrogen-bond donors (Lipinski definition) is 1. The van der Waals surface area contributed by atoms with E-state index in [1.165, 1.54) is 5.69 Å². The van der Waals surface area contributed by atoms with Crippen molar-refractivity contribution in [2.24, 2.45) is 0 Å². The second-order valence-electron chi connectivity index (χ2n) is 5.16. The van der Waals surface area contributed by atoms with Gasteiger partial charge in [-0.05, 0) is 20.3 Å². The maximum atomic E-state index is 5.74. The molecule has 102 valence electrons. The van der Waals surface area contributed by atoms with E-state index in [4.69, 9.17) is 9.47 Å². The molecule has 1 saturated heterocycles. The second kappa shape index (κ2) is 5.82. The molecule has 1 aromatic rings. The Morgan fingerprint density at radius 3 is 3.06 bits per heavy atom. The number of ether oxygens (including phenoxy) is 2. The Morgan fingerprint density at radius 2 is 2.39 bits per heavy atom. The normalized spacial score (nSPS) is 22.5. The third-order valence-corrected chi connectivity index (χ3v) is 3.01. The zero-order valence-corrected chi connectivity index (χ0v) is 11.5. The van der Waals surface area contributed by atoms with Gasteiger partial charge in [-0.3, -0.25) is 0 Å². The fourth-order valence-corrected chi connectivity index (χ4v) is 2.16. The number of imidazole rings is 1. The van der Waals surface area contributed by atoms with Crippen LogP contribution in [0.15, 0.2) is 12.5 Å². The summed E-state index contributed by atoms with van der Waals surface area (Å²) >= 11 is 0. The topological polar surface area (TPSA) is 48.3 Å². The lowest BCUT2D eigenvalue weighted by atomic mass is 10.3. The molecule has 0 aliphatic carbocycles. The summed E-state index contributed by atoms with van der Waals surface area (Å²) in [6.07, 6.45) is 5.07. The Hall–Kier alpha value is -0.910. The predicted molar refractivity (Wildman–Crippen MR) is 69.1 cm³/mol. The first-order valence-electron chi connectivity index (χ1n) is 6.62. The van der Waals surface area contributed by atoms with Crippen LogP contribution in [-0.4, -0.2) is 34.6 Å². The van der Waals surface area contributed by atoms with Crippen LogP contribution in [0.25, 0.3) is 0 Å². The third kappa shape index (κ3) is 3.54. The van der Waals surface area contributed by atoms with Gasteiger partial charge in [0.05, 0.1) is 24.7 Å². The lowest BCUT2D eigenvalue weighted by Crippen LogP contribution is -2.30.